The van der Waals surface area contributed by atoms with Crippen LogP contribution < -0.4 is 15.8 Å². The molecule has 1 N–H and O–H groups in total. The zero-order valence-corrected chi connectivity index (χ0v) is 15.1. The van der Waals surface area contributed by atoms with Crippen molar-refractivity contribution in [3.63, 3.8) is 0 Å². The summed E-state index contributed by atoms with van der Waals surface area (Å²) in [7, 11) is 0. The number of rotatable bonds is 6. The third kappa shape index (κ3) is 3.64. The predicted octanol–water partition coefficient (Wildman–Crippen LogP) is 2.97. The lowest BCUT2D eigenvalue weighted by Crippen LogP contribution is -2.36. The van der Waals surface area contributed by atoms with E-state index in [2.05, 4.69) is 5.32 Å². The van der Waals surface area contributed by atoms with E-state index in [0.717, 1.165) is 11.3 Å². The van der Waals surface area contributed by atoms with Crippen molar-refractivity contribution in [1.29, 1.82) is 0 Å². The zero-order valence-electron chi connectivity index (χ0n) is 15.1. The quantitative estimate of drug-likeness (QED) is 0.691. The van der Waals surface area contributed by atoms with Crippen LogP contribution in [0.15, 0.2) is 51.7 Å². The maximum atomic E-state index is 12.4. The Bertz CT molecular complexity index is 987. The van der Waals surface area contributed by atoms with Gasteiger partial charge < -0.3 is 14.5 Å². The van der Waals surface area contributed by atoms with Crippen molar-refractivity contribution in [2.24, 2.45) is 0 Å². The number of hydrogen-bond acceptors (Lipinski definition) is 4. The van der Waals surface area contributed by atoms with E-state index in [1.54, 1.807) is 31.2 Å². The van der Waals surface area contributed by atoms with Crippen LogP contribution >= 0.6 is 0 Å². The number of nitrogens with zero attached hydrogens (tertiary/aromatic N) is 1. The van der Waals surface area contributed by atoms with Crippen LogP contribution in [-0.4, -0.2) is 23.6 Å². The van der Waals surface area contributed by atoms with Crippen LogP contribution in [0.5, 0.6) is 5.75 Å². The Kier molecular flexibility index (Phi) is 5.11. The molecular formula is C20H22N2O4. The number of amides is 1. The molecule has 0 fully saturated rings. The summed E-state index contributed by atoms with van der Waals surface area (Å²) in [6.45, 7) is 6.38. The topological polar surface area (TPSA) is 73.5 Å². The van der Waals surface area contributed by atoms with Gasteiger partial charge in [-0.2, -0.15) is 0 Å². The van der Waals surface area contributed by atoms with E-state index in [9.17, 15) is 9.59 Å². The van der Waals surface area contributed by atoms with E-state index >= 15 is 0 Å². The second-order valence-electron chi connectivity index (χ2n) is 6.29. The van der Waals surface area contributed by atoms with Crippen LogP contribution in [0.25, 0.3) is 11.1 Å². The fraction of sp³-hybridized carbons (Fsp3) is 0.300. The van der Waals surface area contributed by atoms with Gasteiger partial charge in [-0.05, 0) is 44.5 Å². The molecule has 1 amide bonds. The van der Waals surface area contributed by atoms with Gasteiger partial charge in [-0.25, -0.2) is 4.79 Å². The van der Waals surface area contributed by atoms with Crippen molar-refractivity contribution < 1.29 is 13.9 Å². The maximum absolute atomic E-state index is 12.4. The van der Waals surface area contributed by atoms with Gasteiger partial charge in [0, 0.05) is 0 Å². The smallest absolute Gasteiger partial charge is 0.420 e. The molecule has 0 saturated carbocycles. The SMILES string of the molecule is Cc1ccc(OCCNC(=O)C(C)n2c(=O)oc3ccccc32)c(C)c1. The van der Waals surface area contributed by atoms with Crippen LogP contribution in [0, 0.1) is 13.8 Å². The number of para-hydroxylation sites is 2. The fourth-order valence-corrected chi connectivity index (χ4v) is 2.91. The van der Waals surface area contributed by atoms with Crippen LogP contribution in [0.2, 0.25) is 0 Å². The Balaban J connectivity index is 1.59. The van der Waals surface area contributed by atoms with Crippen molar-refractivity contribution in [3.05, 3.63) is 64.1 Å². The summed E-state index contributed by atoms with van der Waals surface area (Å²) < 4.78 is 12.2. The molecule has 0 aliphatic heterocycles. The number of benzene rings is 2. The van der Waals surface area contributed by atoms with E-state index in [0.29, 0.717) is 24.3 Å². The molecule has 136 valence electrons. The van der Waals surface area contributed by atoms with Crippen LogP contribution in [0.3, 0.4) is 0 Å². The van der Waals surface area contributed by atoms with E-state index in [1.165, 1.54) is 10.1 Å². The van der Waals surface area contributed by atoms with Gasteiger partial charge in [0.15, 0.2) is 5.58 Å². The highest BCUT2D eigenvalue weighted by Crippen LogP contribution is 2.19. The molecule has 0 saturated heterocycles. The molecule has 6 nitrogen and oxygen atoms in total. The molecule has 0 spiro atoms. The molecule has 0 radical (unpaired) electrons. The maximum Gasteiger partial charge on any atom is 0.420 e. The van der Waals surface area contributed by atoms with E-state index in [1.807, 2.05) is 32.0 Å². The minimum atomic E-state index is -0.674. The number of carbonyl (C=O) groups is 1. The molecule has 0 bridgehead atoms. The second-order valence-corrected chi connectivity index (χ2v) is 6.29. The number of hydrogen-bond donors (Lipinski definition) is 1. The lowest BCUT2D eigenvalue weighted by atomic mass is 10.1. The molecular weight excluding hydrogens is 332 g/mol. The number of ether oxygens (including phenoxy) is 1. The van der Waals surface area contributed by atoms with E-state index < -0.39 is 11.8 Å². The summed E-state index contributed by atoms with van der Waals surface area (Å²) in [5.74, 6) is -0.00166. The summed E-state index contributed by atoms with van der Waals surface area (Å²) in [6.07, 6.45) is 0. The summed E-state index contributed by atoms with van der Waals surface area (Å²) in [5.41, 5.74) is 3.30. The number of aryl methyl sites for hydroxylation is 2. The average molecular weight is 354 g/mol. The molecule has 2 aromatic carbocycles. The molecule has 1 atom stereocenters. The monoisotopic (exact) mass is 354 g/mol. The average Bonchev–Trinajstić information content (AvgIpc) is 2.95. The predicted molar refractivity (Wildman–Crippen MR) is 99.6 cm³/mol. The lowest BCUT2D eigenvalue weighted by molar-refractivity contribution is -0.124. The van der Waals surface area contributed by atoms with Crippen molar-refractivity contribution >= 4 is 17.0 Å². The standard InChI is InChI=1S/C20H22N2O4/c1-13-8-9-17(14(2)12-13)25-11-10-21-19(23)15(3)22-16-6-4-5-7-18(16)26-20(22)24/h4-9,12,15H,10-11H2,1-3H3,(H,21,23). The van der Waals surface area contributed by atoms with E-state index in [4.69, 9.17) is 9.15 Å². The van der Waals surface area contributed by atoms with Crippen molar-refractivity contribution in [2.45, 2.75) is 26.8 Å². The Hall–Kier alpha value is -3.02. The van der Waals surface area contributed by atoms with Gasteiger partial charge in [-0.15, -0.1) is 0 Å². The molecule has 1 heterocycles. The van der Waals surface area contributed by atoms with E-state index in [-0.39, 0.29) is 5.91 Å². The number of fused-ring (bicyclic) bond motifs is 1. The molecule has 0 aliphatic carbocycles. The molecule has 3 aromatic rings. The van der Waals surface area contributed by atoms with Crippen LogP contribution in [0.4, 0.5) is 0 Å². The molecule has 0 aliphatic rings. The number of carbonyl (C=O) groups excluding carboxylic acids is 1. The Labute approximate surface area is 151 Å². The van der Waals surface area contributed by atoms with Gasteiger partial charge in [-0.3, -0.25) is 9.36 Å². The minimum absolute atomic E-state index is 0.261. The van der Waals surface area contributed by atoms with Gasteiger partial charge in [0.25, 0.3) is 0 Å². The first-order chi connectivity index (χ1) is 12.5. The first-order valence-corrected chi connectivity index (χ1v) is 8.55. The van der Waals surface area contributed by atoms with Gasteiger partial charge in [0.2, 0.25) is 5.91 Å². The minimum Gasteiger partial charge on any atom is -0.491 e. The Morgan fingerprint density at radius 3 is 2.77 bits per heavy atom. The van der Waals surface area contributed by atoms with Crippen molar-refractivity contribution in [1.82, 2.24) is 9.88 Å². The normalized spacial score (nSPS) is 12.1. The molecule has 6 heteroatoms. The molecule has 3 rings (SSSR count). The number of nitrogens with one attached hydrogen (secondary N) is 1. The highest BCUT2D eigenvalue weighted by molar-refractivity contribution is 5.82. The van der Waals surface area contributed by atoms with Gasteiger partial charge in [0.1, 0.15) is 18.4 Å². The summed E-state index contributed by atoms with van der Waals surface area (Å²) in [4.78, 5) is 24.4. The van der Waals surface area contributed by atoms with Gasteiger partial charge in [0.05, 0.1) is 12.1 Å². The lowest BCUT2D eigenvalue weighted by Gasteiger charge is -2.14. The summed E-state index contributed by atoms with van der Waals surface area (Å²) in [5, 5.41) is 2.80. The number of aromatic nitrogens is 1. The van der Waals surface area contributed by atoms with Gasteiger partial charge >= 0.3 is 5.76 Å². The first kappa shape index (κ1) is 17.8. The number of oxazole rings is 1. The first-order valence-electron chi connectivity index (χ1n) is 8.55. The second kappa shape index (κ2) is 7.47. The Morgan fingerprint density at radius 2 is 2.00 bits per heavy atom. The van der Waals surface area contributed by atoms with Crippen molar-refractivity contribution in [2.75, 3.05) is 13.2 Å². The molecule has 1 aromatic heterocycles. The summed E-state index contributed by atoms with van der Waals surface area (Å²) in [6, 6.07) is 12.3. The largest absolute Gasteiger partial charge is 0.491 e. The van der Waals surface area contributed by atoms with Crippen molar-refractivity contribution in [3.8, 4) is 5.75 Å². The van der Waals surface area contributed by atoms with Crippen LogP contribution in [0.1, 0.15) is 24.1 Å². The highest BCUT2D eigenvalue weighted by Gasteiger charge is 2.20. The van der Waals surface area contributed by atoms with Crippen LogP contribution in [-0.2, 0) is 4.79 Å². The zero-order chi connectivity index (χ0) is 18.7. The molecule has 26 heavy (non-hydrogen) atoms. The van der Waals surface area contributed by atoms with Gasteiger partial charge in [-0.1, -0.05) is 29.8 Å². The highest BCUT2D eigenvalue weighted by atomic mass is 16.5. The molecule has 1 unspecified atom stereocenters. The Morgan fingerprint density at radius 1 is 1.23 bits per heavy atom. The summed E-state index contributed by atoms with van der Waals surface area (Å²) >= 11 is 0. The third-order valence-corrected chi connectivity index (χ3v) is 4.27. The fourth-order valence-electron chi connectivity index (χ4n) is 2.91. The third-order valence-electron chi connectivity index (χ3n) is 4.27.